The van der Waals surface area contributed by atoms with Crippen LogP contribution in [0.5, 0.6) is 5.75 Å². The SMILES string of the molecule is CC(C)Oc1cccc(NC2CCCC2CN)c1[N+](=O)[O-]. The molecule has 3 N–H and O–H groups in total. The lowest BCUT2D eigenvalue weighted by atomic mass is 10.0. The Hall–Kier alpha value is -1.82. The van der Waals surface area contributed by atoms with Crippen LogP contribution in [0.3, 0.4) is 0 Å². The van der Waals surface area contributed by atoms with Crippen molar-refractivity contribution < 1.29 is 9.66 Å². The van der Waals surface area contributed by atoms with Gasteiger partial charge in [-0.05, 0) is 51.3 Å². The minimum Gasteiger partial charge on any atom is -0.484 e. The minimum atomic E-state index is -0.382. The molecule has 0 saturated heterocycles. The first-order chi connectivity index (χ1) is 10.0. The number of rotatable bonds is 6. The molecule has 0 heterocycles. The van der Waals surface area contributed by atoms with Crippen molar-refractivity contribution in [2.45, 2.75) is 45.3 Å². The largest absolute Gasteiger partial charge is 0.484 e. The number of nitro groups is 1. The predicted octanol–water partition coefficient (Wildman–Crippen LogP) is 2.92. The van der Waals surface area contributed by atoms with Crippen molar-refractivity contribution in [2.75, 3.05) is 11.9 Å². The molecule has 0 aliphatic heterocycles. The van der Waals surface area contributed by atoms with E-state index >= 15 is 0 Å². The van der Waals surface area contributed by atoms with Gasteiger partial charge in [0.15, 0.2) is 5.75 Å². The summed E-state index contributed by atoms with van der Waals surface area (Å²) < 4.78 is 5.56. The summed E-state index contributed by atoms with van der Waals surface area (Å²) in [7, 11) is 0. The molecule has 1 saturated carbocycles. The fraction of sp³-hybridized carbons (Fsp3) is 0.600. The number of hydrogen-bond donors (Lipinski definition) is 2. The third-order valence-corrected chi connectivity index (χ3v) is 3.85. The molecule has 0 bridgehead atoms. The smallest absolute Gasteiger partial charge is 0.333 e. The lowest BCUT2D eigenvalue weighted by Gasteiger charge is -2.21. The Balaban J connectivity index is 2.28. The van der Waals surface area contributed by atoms with E-state index in [9.17, 15) is 10.1 Å². The number of nitrogens with two attached hydrogens (primary N) is 1. The lowest BCUT2D eigenvalue weighted by Crippen LogP contribution is -2.29. The maximum atomic E-state index is 11.4. The molecule has 1 aromatic carbocycles. The number of benzene rings is 1. The molecular formula is C15H23N3O3. The van der Waals surface area contributed by atoms with Gasteiger partial charge >= 0.3 is 5.69 Å². The Morgan fingerprint density at radius 2 is 2.24 bits per heavy atom. The third kappa shape index (κ3) is 3.64. The van der Waals surface area contributed by atoms with E-state index in [-0.39, 0.29) is 22.8 Å². The first-order valence-corrected chi connectivity index (χ1v) is 7.43. The van der Waals surface area contributed by atoms with Gasteiger partial charge in [0.25, 0.3) is 0 Å². The highest BCUT2D eigenvalue weighted by Crippen LogP contribution is 2.37. The summed E-state index contributed by atoms with van der Waals surface area (Å²) in [6.45, 7) is 4.31. The van der Waals surface area contributed by atoms with Crippen LogP contribution in [0.1, 0.15) is 33.1 Å². The molecule has 1 aliphatic carbocycles. The van der Waals surface area contributed by atoms with E-state index in [1.165, 1.54) is 0 Å². The maximum Gasteiger partial charge on any atom is 0.333 e. The van der Waals surface area contributed by atoms with Gasteiger partial charge in [0.1, 0.15) is 5.69 Å². The number of hydrogen-bond acceptors (Lipinski definition) is 5. The van der Waals surface area contributed by atoms with Crippen molar-refractivity contribution in [1.82, 2.24) is 0 Å². The Morgan fingerprint density at radius 1 is 1.48 bits per heavy atom. The normalized spacial score (nSPS) is 21.5. The molecule has 1 fully saturated rings. The summed E-state index contributed by atoms with van der Waals surface area (Å²) in [5.41, 5.74) is 6.30. The van der Waals surface area contributed by atoms with Crippen molar-refractivity contribution in [2.24, 2.45) is 11.7 Å². The monoisotopic (exact) mass is 293 g/mol. The number of anilines is 1. The Bertz CT molecular complexity index is 505. The van der Waals surface area contributed by atoms with Crippen molar-refractivity contribution in [3.05, 3.63) is 28.3 Å². The summed E-state index contributed by atoms with van der Waals surface area (Å²) >= 11 is 0. The molecule has 2 unspecified atom stereocenters. The molecule has 0 spiro atoms. The summed E-state index contributed by atoms with van der Waals surface area (Å²) in [5.74, 6) is 0.682. The van der Waals surface area contributed by atoms with E-state index in [0.717, 1.165) is 19.3 Å². The van der Waals surface area contributed by atoms with Gasteiger partial charge < -0.3 is 15.8 Å². The van der Waals surface area contributed by atoms with Gasteiger partial charge in [0, 0.05) is 6.04 Å². The van der Waals surface area contributed by atoms with Crippen molar-refractivity contribution >= 4 is 11.4 Å². The van der Waals surface area contributed by atoms with Gasteiger partial charge in [0.2, 0.25) is 0 Å². The predicted molar refractivity (Wildman–Crippen MR) is 82.7 cm³/mol. The van der Waals surface area contributed by atoms with Gasteiger partial charge in [-0.25, -0.2) is 0 Å². The van der Waals surface area contributed by atoms with E-state index in [4.69, 9.17) is 10.5 Å². The van der Waals surface area contributed by atoms with Crippen molar-refractivity contribution in [3.8, 4) is 5.75 Å². The topological polar surface area (TPSA) is 90.4 Å². The molecule has 116 valence electrons. The van der Waals surface area contributed by atoms with Crippen LogP contribution in [-0.4, -0.2) is 23.6 Å². The summed E-state index contributed by atoms with van der Waals surface area (Å²) in [4.78, 5) is 11.0. The molecule has 0 radical (unpaired) electrons. The molecule has 0 amide bonds. The molecule has 1 aliphatic rings. The number of para-hydroxylation sites is 1. The second-order valence-corrected chi connectivity index (χ2v) is 5.75. The van der Waals surface area contributed by atoms with Crippen molar-refractivity contribution in [1.29, 1.82) is 0 Å². The Labute approximate surface area is 124 Å². The van der Waals surface area contributed by atoms with Gasteiger partial charge in [-0.3, -0.25) is 10.1 Å². The molecule has 21 heavy (non-hydrogen) atoms. The van der Waals surface area contributed by atoms with Crippen LogP contribution >= 0.6 is 0 Å². The maximum absolute atomic E-state index is 11.4. The van der Waals surface area contributed by atoms with Crippen LogP contribution in [0.15, 0.2) is 18.2 Å². The number of nitrogens with one attached hydrogen (secondary N) is 1. The quantitative estimate of drug-likeness (QED) is 0.621. The van der Waals surface area contributed by atoms with Crippen molar-refractivity contribution in [3.63, 3.8) is 0 Å². The van der Waals surface area contributed by atoms with E-state index in [1.54, 1.807) is 18.2 Å². The molecule has 6 heteroatoms. The summed E-state index contributed by atoms with van der Waals surface area (Å²) in [5, 5.41) is 14.7. The third-order valence-electron chi connectivity index (χ3n) is 3.85. The molecule has 1 aromatic rings. The van der Waals surface area contributed by atoms with Crippen LogP contribution in [0.25, 0.3) is 0 Å². The Morgan fingerprint density at radius 3 is 2.86 bits per heavy atom. The highest BCUT2D eigenvalue weighted by atomic mass is 16.6. The average Bonchev–Trinajstić information content (AvgIpc) is 2.85. The van der Waals surface area contributed by atoms with E-state index in [2.05, 4.69) is 5.32 Å². The standard InChI is InChI=1S/C15H23N3O3/c1-10(2)21-14-8-4-7-13(15(14)18(19)20)17-12-6-3-5-11(12)9-16/h4,7-8,10-12,17H,3,5-6,9,16H2,1-2H3. The minimum absolute atomic E-state index is 0.00821. The van der Waals surface area contributed by atoms with Crippen LogP contribution in [-0.2, 0) is 0 Å². The van der Waals surface area contributed by atoms with Gasteiger partial charge in [-0.1, -0.05) is 12.5 Å². The lowest BCUT2D eigenvalue weighted by molar-refractivity contribution is -0.385. The average molecular weight is 293 g/mol. The first kappa shape index (κ1) is 15.6. The van der Waals surface area contributed by atoms with E-state index < -0.39 is 0 Å². The van der Waals surface area contributed by atoms with Crippen LogP contribution < -0.4 is 15.8 Å². The van der Waals surface area contributed by atoms with E-state index in [1.807, 2.05) is 13.8 Å². The number of nitro benzene ring substituents is 1. The molecule has 0 aromatic heterocycles. The van der Waals surface area contributed by atoms with Gasteiger partial charge in [0.05, 0.1) is 11.0 Å². The summed E-state index contributed by atoms with van der Waals surface area (Å²) in [6.07, 6.45) is 3.07. The number of ether oxygens (including phenoxy) is 1. The highest BCUT2D eigenvalue weighted by molar-refractivity contribution is 5.68. The molecule has 6 nitrogen and oxygen atoms in total. The molecule has 2 rings (SSSR count). The highest BCUT2D eigenvalue weighted by Gasteiger charge is 2.29. The fourth-order valence-corrected chi connectivity index (χ4v) is 2.88. The molecule has 2 atom stereocenters. The fourth-order valence-electron chi connectivity index (χ4n) is 2.88. The zero-order chi connectivity index (χ0) is 15.4. The summed E-state index contributed by atoms with van der Waals surface area (Å²) in [6, 6.07) is 5.35. The van der Waals surface area contributed by atoms with Gasteiger partial charge in [-0.2, -0.15) is 0 Å². The second-order valence-electron chi connectivity index (χ2n) is 5.75. The van der Waals surface area contributed by atoms with E-state index in [0.29, 0.717) is 23.9 Å². The molecular weight excluding hydrogens is 270 g/mol. The number of nitrogens with zero attached hydrogens (tertiary/aromatic N) is 1. The zero-order valence-electron chi connectivity index (χ0n) is 12.5. The first-order valence-electron chi connectivity index (χ1n) is 7.43. The van der Waals surface area contributed by atoms with Crippen LogP contribution in [0.2, 0.25) is 0 Å². The Kier molecular flexibility index (Phi) is 5.01. The second kappa shape index (κ2) is 6.76. The van der Waals surface area contributed by atoms with Crippen LogP contribution in [0.4, 0.5) is 11.4 Å². The van der Waals surface area contributed by atoms with Crippen LogP contribution in [0, 0.1) is 16.0 Å². The zero-order valence-corrected chi connectivity index (χ0v) is 12.5. The van der Waals surface area contributed by atoms with Gasteiger partial charge in [-0.15, -0.1) is 0 Å².